The number of phenolic OH excluding ortho intramolecular Hbond substituents is 1. The average Bonchev–Trinajstić information content (AvgIpc) is 2.74. The van der Waals surface area contributed by atoms with Gasteiger partial charge in [0.25, 0.3) is 0 Å². The van der Waals surface area contributed by atoms with Crippen LogP contribution in [0, 0.1) is 5.82 Å². The number of benzene rings is 2. The highest BCUT2D eigenvalue weighted by Crippen LogP contribution is 2.31. The van der Waals surface area contributed by atoms with E-state index in [0.717, 1.165) is 25.1 Å². The van der Waals surface area contributed by atoms with Crippen LogP contribution in [0.1, 0.15) is 18.9 Å². The number of phenols is 1. The molecule has 0 aliphatic rings. The number of carbonyl (C=O) groups is 1. The van der Waals surface area contributed by atoms with Gasteiger partial charge in [-0.3, -0.25) is 5.01 Å². The molecule has 3 N–H and O–H groups in total. The van der Waals surface area contributed by atoms with Gasteiger partial charge in [-0.05, 0) is 50.8 Å². The first-order valence-corrected chi connectivity index (χ1v) is 10.1. The summed E-state index contributed by atoms with van der Waals surface area (Å²) in [5.74, 6) is -0.358. The molecule has 172 valence electrons. The fourth-order valence-corrected chi connectivity index (χ4v) is 2.64. The number of aromatic hydroxyl groups is 1. The third-order valence-electron chi connectivity index (χ3n) is 4.38. The number of hydrogen-bond donors (Lipinski definition) is 3. The zero-order valence-electron chi connectivity index (χ0n) is 18.9. The monoisotopic (exact) mass is 443 g/mol. The van der Waals surface area contributed by atoms with Gasteiger partial charge in [-0.1, -0.05) is 13.5 Å². The van der Waals surface area contributed by atoms with Gasteiger partial charge < -0.3 is 25.4 Å². The molecule has 2 aromatic rings. The Morgan fingerprint density at radius 3 is 2.62 bits per heavy atom. The van der Waals surface area contributed by atoms with Gasteiger partial charge in [0.05, 0.1) is 11.4 Å². The van der Waals surface area contributed by atoms with Crippen LogP contribution in [0.5, 0.6) is 11.5 Å². The van der Waals surface area contributed by atoms with Crippen LogP contribution in [0.2, 0.25) is 0 Å². The van der Waals surface area contributed by atoms with Gasteiger partial charge in [-0.25, -0.2) is 9.18 Å². The van der Waals surface area contributed by atoms with E-state index in [9.17, 15) is 14.3 Å². The molecule has 0 bridgehead atoms. The van der Waals surface area contributed by atoms with Crippen LogP contribution in [-0.2, 0) is 0 Å². The predicted octanol–water partition coefficient (Wildman–Crippen LogP) is 4.41. The van der Waals surface area contributed by atoms with Crippen LogP contribution < -0.4 is 15.4 Å². The molecule has 0 fully saturated rings. The van der Waals surface area contributed by atoms with Crippen molar-refractivity contribution in [2.45, 2.75) is 13.3 Å². The molecule has 9 heteroatoms. The molecule has 0 heterocycles. The molecular weight excluding hydrogens is 413 g/mol. The summed E-state index contributed by atoms with van der Waals surface area (Å²) in [7, 11) is 5.70. The Morgan fingerprint density at radius 1 is 1.22 bits per heavy atom. The van der Waals surface area contributed by atoms with Gasteiger partial charge in [0.2, 0.25) is 0 Å². The first kappa shape index (κ1) is 24.7. The second kappa shape index (κ2) is 11.7. The smallest absolute Gasteiger partial charge is 0.323 e. The first-order valence-electron chi connectivity index (χ1n) is 10.1. The van der Waals surface area contributed by atoms with Gasteiger partial charge in [0.1, 0.15) is 23.9 Å². The van der Waals surface area contributed by atoms with Crippen LogP contribution in [0.15, 0.2) is 48.1 Å². The average molecular weight is 444 g/mol. The molecule has 0 radical (unpaired) electrons. The van der Waals surface area contributed by atoms with Crippen LogP contribution in [0.4, 0.5) is 20.6 Å². The fraction of sp³-hybridized carbons (Fsp3) is 0.304. The Morgan fingerprint density at radius 2 is 1.97 bits per heavy atom. The molecule has 0 spiro atoms. The number of urea groups is 1. The van der Waals surface area contributed by atoms with E-state index in [1.807, 2.05) is 25.9 Å². The lowest BCUT2D eigenvalue weighted by molar-refractivity contribution is 0.260. The Balaban J connectivity index is 2.22. The number of carbonyl (C=O) groups excluding carboxylic acids is 1. The number of ether oxygens (including phenoxy) is 1. The van der Waals surface area contributed by atoms with Crippen LogP contribution in [0.25, 0.3) is 5.70 Å². The number of rotatable bonds is 10. The molecule has 0 atom stereocenters. The summed E-state index contributed by atoms with van der Waals surface area (Å²) >= 11 is 0. The van der Waals surface area contributed by atoms with E-state index in [0.29, 0.717) is 29.3 Å². The highest BCUT2D eigenvalue weighted by atomic mass is 19.1. The van der Waals surface area contributed by atoms with Crippen molar-refractivity contribution in [3.63, 3.8) is 0 Å². The standard InChI is InChI=1S/C23H30FN5O3/c1-6-11-25-29(5)16(2)19-15-18(8-10-22(19)32-13-12-28(3)4)26-23(31)27-20-9-7-17(24)14-21(20)30/h7-11,14-15,30H,2,6,12-13H2,1,3-5H3,(H2,26,27,31)/b25-11-. The second-order valence-electron chi connectivity index (χ2n) is 7.28. The lowest BCUT2D eigenvalue weighted by Crippen LogP contribution is -2.21. The van der Waals surface area contributed by atoms with Crippen molar-refractivity contribution >= 4 is 29.3 Å². The van der Waals surface area contributed by atoms with Crippen LogP contribution in [-0.4, -0.2) is 61.6 Å². The van der Waals surface area contributed by atoms with Crippen LogP contribution in [0.3, 0.4) is 0 Å². The summed E-state index contributed by atoms with van der Waals surface area (Å²) in [5, 5.41) is 20.9. The zero-order chi connectivity index (χ0) is 23.7. The Labute approximate surface area is 188 Å². The summed E-state index contributed by atoms with van der Waals surface area (Å²) in [6, 6.07) is 7.92. The minimum absolute atomic E-state index is 0.0887. The Bertz CT molecular complexity index is 978. The molecule has 0 saturated heterocycles. The molecule has 8 nitrogen and oxygen atoms in total. The molecule has 32 heavy (non-hydrogen) atoms. The third-order valence-corrected chi connectivity index (χ3v) is 4.38. The van der Waals surface area contributed by atoms with Crippen molar-refractivity contribution in [3.8, 4) is 11.5 Å². The van der Waals surface area contributed by atoms with Gasteiger partial charge in [-0.15, -0.1) is 0 Å². The fourth-order valence-electron chi connectivity index (χ4n) is 2.64. The number of nitrogens with one attached hydrogen (secondary N) is 2. The lowest BCUT2D eigenvalue weighted by Gasteiger charge is -2.21. The Hall–Kier alpha value is -3.59. The third kappa shape index (κ3) is 7.28. The van der Waals surface area contributed by atoms with Crippen LogP contribution >= 0.6 is 0 Å². The maximum absolute atomic E-state index is 13.1. The number of nitrogens with zero attached hydrogens (tertiary/aromatic N) is 3. The topological polar surface area (TPSA) is 89.4 Å². The van der Waals surface area contributed by atoms with Gasteiger partial charge in [0.15, 0.2) is 0 Å². The zero-order valence-corrected chi connectivity index (χ0v) is 18.9. The Kier molecular flexibility index (Phi) is 9.03. The lowest BCUT2D eigenvalue weighted by atomic mass is 10.1. The van der Waals surface area contributed by atoms with Gasteiger partial charge in [0, 0.05) is 37.1 Å². The molecule has 0 aliphatic heterocycles. The first-order chi connectivity index (χ1) is 15.2. The minimum Gasteiger partial charge on any atom is -0.506 e. The summed E-state index contributed by atoms with van der Waals surface area (Å²) in [4.78, 5) is 14.4. The van der Waals surface area contributed by atoms with Gasteiger partial charge in [-0.2, -0.15) is 5.10 Å². The van der Waals surface area contributed by atoms with E-state index >= 15 is 0 Å². The molecule has 0 unspecified atom stereocenters. The van der Waals surface area contributed by atoms with Crippen molar-refractivity contribution < 1.29 is 19.0 Å². The predicted molar refractivity (Wildman–Crippen MR) is 127 cm³/mol. The summed E-state index contributed by atoms with van der Waals surface area (Å²) in [6.45, 7) is 7.31. The number of hydrazone groups is 1. The van der Waals surface area contributed by atoms with Crippen molar-refractivity contribution in [1.82, 2.24) is 9.91 Å². The minimum atomic E-state index is -0.601. The highest BCUT2D eigenvalue weighted by Gasteiger charge is 2.14. The van der Waals surface area contributed by atoms with Crippen molar-refractivity contribution in [2.24, 2.45) is 5.10 Å². The van der Waals surface area contributed by atoms with Crippen molar-refractivity contribution in [3.05, 3.63) is 54.4 Å². The molecule has 2 rings (SSSR count). The number of halogens is 1. The van der Waals surface area contributed by atoms with E-state index in [1.165, 1.54) is 6.07 Å². The van der Waals surface area contributed by atoms with E-state index in [2.05, 4.69) is 22.3 Å². The molecular formula is C23H30FN5O3. The number of hydrogen-bond acceptors (Lipinski definition) is 6. The quantitative estimate of drug-likeness (QED) is 0.287. The molecule has 2 amide bonds. The molecule has 0 aromatic heterocycles. The largest absolute Gasteiger partial charge is 0.506 e. The van der Waals surface area contributed by atoms with Crippen molar-refractivity contribution in [1.29, 1.82) is 0 Å². The number of amides is 2. The summed E-state index contributed by atoms with van der Waals surface area (Å²) in [5.41, 5.74) is 1.83. The van der Waals surface area contributed by atoms with Crippen molar-refractivity contribution in [2.75, 3.05) is 44.9 Å². The highest BCUT2D eigenvalue weighted by molar-refractivity contribution is 6.01. The van der Waals surface area contributed by atoms with Gasteiger partial charge >= 0.3 is 6.03 Å². The van der Waals surface area contributed by atoms with E-state index in [4.69, 9.17) is 4.74 Å². The van der Waals surface area contributed by atoms with E-state index < -0.39 is 11.8 Å². The van der Waals surface area contributed by atoms with E-state index in [-0.39, 0.29) is 11.4 Å². The normalized spacial score (nSPS) is 10.9. The molecule has 0 saturated carbocycles. The molecule has 2 aromatic carbocycles. The number of anilines is 2. The number of likely N-dealkylation sites (N-methyl/N-ethyl adjacent to an activating group) is 1. The summed E-state index contributed by atoms with van der Waals surface area (Å²) < 4.78 is 19.1. The SMILES string of the molecule is C=C(c1cc(NC(=O)Nc2ccc(F)cc2O)ccc1OCCN(C)C)N(C)/N=C\CC. The maximum Gasteiger partial charge on any atom is 0.323 e. The summed E-state index contributed by atoms with van der Waals surface area (Å²) in [6.07, 6.45) is 2.55. The second-order valence-corrected chi connectivity index (χ2v) is 7.28. The molecule has 0 aliphatic carbocycles. The van der Waals surface area contributed by atoms with E-state index in [1.54, 1.807) is 36.5 Å². The maximum atomic E-state index is 13.1.